The number of amides is 1. The number of thioether (sulfide) groups is 1. The summed E-state index contributed by atoms with van der Waals surface area (Å²) in [6.07, 6.45) is 3.50. The first kappa shape index (κ1) is 20.8. The van der Waals surface area contributed by atoms with Crippen LogP contribution in [0, 0.1) is 6.92 Å². The first-order chi connectivity index (χ1) is 15.2. The van der Waals surface area contributed by atoms with E-state index in [1.165, 1.54) is 17.3 Å². The molecule has 31 heavy (non-hydrogen) atoms. The molecule has 7 heteroatoms. The van der Waals surface area contributed by atoms with Crippen molar-refractivity contribution in [3.8, 4) is 11.4 Å². The molecule has 156 valence electrons. The Morgan fingerprint density at radius 1 is 0.968 bits per heavy atom. The minimum atomic E-state index is -0.0391. The molecule has 2 aromatic carbocycles. The maximum atomic E-state index is 12.4. The number of rotatable bonds is 8. The molecule has 0 spiro atoms. The summed E-state index contributed by atoms with van der Waals surface area (Å²) >= 11 is 1.38. The molecule has 6 nitrogen and oxygen atoms in total. The van der Waals surface area contributed by atoms with E-state index in [1.807, 2.05) is 66.1 Å². The SMILES string of the molecule is Cc1ccc(CNC(=O)CSc2nnc(-c3cccnc3)n2Cc2ccccc2)cc1. The van der Waals surface area contributed by atoms with Crippen LogP contribution >= 0.6 is 11.8 Å². The van der Waals surface area contributed by atoms with Crippen molar-refractivity contribution in [3.63, 3.8) is 0 Å². The maximum Gasteiger partial charge on any atom is 0.230 e. The number of nitrogens with one attached hydrogen (secondary N) is 1. The third-order valence-electron chi connectivity index (χ3n) is 4.76. The van der Waals surface area contributed by atoms with E-state index in [9.17, 15) is 4.79 Å². The minimum Gasteiger partial charge on any atom is -0.351 e. The highest BCUT2D eigenvalue weighted by Crippen LogP contribution is 2.24. The third-order valence-corrected chi connectivity index (χ3v) is 5.73. The molecule has 0 radical (unpaired) electrons. The smallest absolute Gasteiger partial charge is 0.230 e. The molecular formula is C24H23N5OS. The Morgan fingerprint density at radius 3 is 2.52 bits per heavy atom. The second-order valence-corrected chi connectivity index (χ2v) is 8.11. The van der Waals surface area contributed by atoms with Crippen LogP contribution in [0.4, 0.5) is 0 Å². The zero-order valence-corrected chi connectivity index (χ0v) is 18.0. The lowest BCUT2D eigenvalue weighted by Gasteiger charge is -2.10. The predicted octanol–water partition coefficient (Wildman–Crippen LogP) is 4.11. The summed E-state index contributed by atoms with van der Waals surface area (Å²) in [5.74, 6) is 0.966. The fourth-order valence-electron chi connectivity index (χ4n) is 3.10. The molecule has 0 saturated carbocycles. The number of hydrogen-bond acceptors (Lipinski definition) is 5. The van der Waals surface area contributed by atoms with Gasteiger partial charge in [0, 0.05) is 24.5 Å². The van der Waals surface area contributed by atoms with Crippen molar-refractivity contribution in [2.24, 2.45) is 0 Å². The molecule has 4 aromatic rings. The summed E-state index contributed by atoms with van der Waals surface area (Å²) in [6, 6.07) is 22.1. The van der Waals surface area contributed by atoms with Gasteiger partial charge < -0.3 is 5.32 Å². The van der Waals surface area contributed by atoms with Crippen LogP contribution in [0.2, 0.25) is 0 Å². The van der Waals surface area contributed by atoms with Gasteiger partial charge in [-0.05, 0) is 30.2 Å². The molecule has 1 amide bonds. The number of carbonyl (C=O) groups is 1. The molecule has 1 N–H and O–H groups in total. The van der Waals surface area contributed by atoms with E-state index in [0.29, 0.717) is 18.2 Å². The highest BCUT2D eigenvalue weighted by molar-refractivity contribution is 7.99. The second kappa shape index (κ2) is 10.0. The monoisotopic (exact) mass is 429 g/mol. The van der Waals surface area contributed by atoms with E-state index < -0.39 is 0 Å². The lowest BCUT2D eigenvalue weighted by Crippen LogP contribution is -2.24. The normalized spacial score (nSPS) is 10.7. The average Bonchev–Trinajstić information content (AvgIpc) is 3.21. The van der Waals surface area contributed by atoms with E-state index in [-0.39, 0.29) is 11.7 Å². The number of hydrogen-bond donors (Lipinski definition) is 1. The Labute approximate surface area is 185 Å². The summed E-state index contributed by atoms with van der Waals surface area (Å²) in [5.41, 5.74) is 4.31. The van der Waals surface area contributed by atoms with Gasteiger partial charge in [-0.15, -0.1) is 10.2 Å². The molecule has 0 bridgehead atoms. The second-order valence-electron chi connectivity index (χ2n) is 7.17. The molecule has 0 aliphatic heterocycles. The molecule has 0 aliphatic carbocycles. The molecule has 0 saturated heterocycles. The van der Waals surface area contributed by atoms with Crippen LogP contribution in [-0.4, -0.2) is 31.4 Å². The zero-order valence-electron chi connectivity index (χ0n) is 17.2. The topological polar surface area (TPSA) is 72.7 Å². The number of pyridine rings is 1. The minimum absolute atomic E-state index is 0.0391. The van der Waals surface area contributed by atoms with Gasteiger partial charge in [0.2, 0.25) is 5.91 Å². The van der Waals surface area contributed by atoms with Crippen LogP contribution in [0.3, 0.4) is 0 Å². The summed E-state index contributed by atoms with van der Waals surface area (Å²) in [6.45, 7) is 3.17. The summed E-state index contributed by atoms with van der Waals surface area (Å²) in [5, 5.41) is 12.4. The van der Waals surface area contributed by atoms with Crippen molar-refractivity contribution in [1.82, 2.24) is 25.1 Å². The largest absolute Gasteiger partial charge is 0.351 e. The molecule has 0 atom stereocenters. The van der Waals surface area contributed by atoms with Gasteiger partial charge in [-0.25, -0.2) is 0 Å². The van der Waals surface area contributed by atoms with Gasteiger partial charge in [0.1, 0.15) is 0 Å². The van der Waals surface area contributed by atoms with Crippen molar-refractivity contribution < 1.29 is 4.79 Å². The lowest BCUT2D eigenvalue weighted by atomic mass is 10.1. The fraction of sp³-hybridized carbons (Fsp3) is 0.167. The number of benzene rings is 2. The van der Waals surface area contributed by atoms with Crippen molar-refractivity contribution in [1.29, 1.82) is 0 Å². The van der Waals surface area contributed by atoms with Gasteiger partial charge in [0.05, 0.1) is 12.3 Å². The third kappa shape index (κ3) is 5.58. The number of nitrogens with zero attached hydrogens (tertiary/aromatic N) is 4. The first-order valence-corrected chi connectivity index (χ1v) is 11.0. The molecule has 4 rings (SSSR count). The van der Waals surface area contributed by atoms with Crippen LogP contribution in [0.1, 0.15) is 16.7 Å². The highest BCUT2D eigenvalue weighted by Gasteiger charge is 2.16. The van der Waals surface area contributed by atoms with Crippen LogP contribution < -0.4 is 5.32 Å². The van der Waals surface area contributed by atoms with E-state index >= 15 is 0 Å². The van der Waals surface area contributed by atoms with Crippen LogP contribution in [-0.2, 0) is 17.9 Å². The Bertz CT molecular complexity index is 1130. The van der Waals surface area contributed by atoms with E-state index in [4.69, 9.17) is 0 Å². The van der Waals surface area contributed by atoms with Crippen molar-refractivity contribution >= 4 is 17.7 Å². The van der Waals surface area contributed by atoms with Crippen molar-refractivity contribution in [3.05, 3.63) is 95.8 Å². The predicted molar refractivity (Wildman–Crippen MR) is 123 cm³/mol. The number of carbonyl (C=O) groups excluding carboxylic acids is 1. The first-order valence-electron chi connectivity index (χ1n) is 10.0. The standard InChI is InChI=1S/C24H23N5OS/c1-18-9-11-19(12-10-18)14-26-22(30)17-31-24-28-27-23(21-8-5-13-25-15-21)29(24)16-20-6-3-2-4-7-20/h2-13,15H,14,16-17H2,1H3,(H,26,30). The van der Waals surface area contributed by atoms with Gasteiger partial charge in [-0.1, -0.05) is 71.9 Å². The van der Waals surface area contributed by atoms with Crippen LogP contribution in [0.5, 0.6) is 0 Å². The molecular weight excluding hydrogens is 406 g/mol. The number of aryl methyl sites for hydroxylation is 1. The molecule has 2 heterocycles. The Kier molecular flexibility index (Phi) is 6.74. The highest BCUT2D eigenvalue weighted by atomic mass is 32.2. The summed E-state index contributed by atoms with van der Waals surface area (Å²) < 4.78 is 2.03. The van der Waals surface area contributed by atoms with Gasteiger partial charge in [0.15, 0.2) is 11.0 Å². The summed E-state index contributed by atoms with van der Waals surface area (Å²) in [7, 11) is 0. The van der Waals surface area contributed by atoms with Crippen molar-refractivity contribution in [2.75, 3.05) is 5.75 Å². The maximum absolute atomic E-state index is 12.4. The quantitative estimate of drug-likeness (QED) is 0.427. The lowest BCUT2D eigenvalue weighted by molar-refractivity contribution is -0.118. The Balaban J connectivity index is 1.46. The van der Waals surface area contributed by atoms with Gasteiger partial charge in [-0.2, -0.15) is 0 Å². The van der Waals surface area contributed by atoms with Gasteiger partial charge in [0.25, 0.3) is 0 Å². The molecule has 2 aromatic heterocycles. The summed E-state index contributed by atoms with van der Waals surface area (Å²) in [4.78, 5) is 16.6. The zero-order chi connectivity index (χ0) is 21.5. The van der Waals surface area contributed by atoms with E-state index in [1.54, 1.807) is 12.4 Å². The van der Waals surface area contributed by atoms with Crippen molar-refractivity contribution in [2.45, 2.75) is 25.2 Å². The van der Waals surface area contributed by atoms with Gasteiger partial charge >= 0.3 is 0 Å². The molecule has 0 aliphatic rings. The Morgan fingerprint density at radius 2 is 1.77 bits per heavy atom. The van der Waals surface area contributed by atoms with E-state index in [2.05, 4.69) is 32.6 Å². The molecule has 0 fully saturated rings. The van der Waals surface area contributed by atoms with Gasteiger partial charge in [-0.3, -0.25) is 14.3 Å². The van der Waals surface area contributed by atoms with Crippen LogP contribution in [0.25, 0.3) is 11.4 Å². The Hall–Kier alpha value is -3.45. The van der Waals surface area contributed by atoms with E-state index in [0.717, 1.165) is 22.5 Å². The average molecular weight is 430 g/mol. The fourth-order valence-corrected chi connectivity index (χ4v) is 3.87. The molecule has 0 unspecified atom stereocenters. The van der Waals surface area contributed by atoms with Crippen LogP contribution in [0.15, 0.2) is 84.3 Å². The number of aromatic nitrogens is 4.